The normalized spacial score (nSPS) is 10.3. The topological polar surface area (TPSA) is 93.7 Å². The quantitative estimate of drug-likeness (QED) is 0.389. The second-order valence-electron chi connectivity index (χ2n) is 6.29. The van der Waals surface area contributed by atoms with E-state index in [1.165, 1.54) is 11.0 Å². The number of nitrogens with zero attached hydrogens (tertiary/aromatic N) is 5. The molecule has 0 aliphatic carbocycles. The first kappa shape index (κ1) is 18.1. The standard InChI is InChI=1S/C22H15N5O2/c23-14-17-1-5-18(6-2-17)19-7-11-21(12-8-19)29-22(28)13-16-3-9-20(10-4-16)27-15-24-25-26-27/h1-12,15H,13H2. The molecule has 29 heavy (non-hydrogen) atoms. The van der Waals surface area contributed by atoms with E-state index in [0.29, 0.717) is 11.3 Å². The van der Waals surface area contributed by atoms with Gasteiger partial charge in [0.05, 0.1) is 23.7 Å². The lowest BCUT2D eigenvalue weighted by Gasteiger charge is -2.07. The van der Waals surface area contributed by atoms with Gasteiger partial charge in [-0.1, -0.05) is 36.4 Å². The Morgan fingerprint density at radius 3 is 2.17 bits per heavy atom. The highest BCUT2D eigenvalue weighted by molar-refractivity contribution is 5.75. The molecule has 0 atom stereocenters. The smallest absolute Gasteiger partial charge is 0.315 e. The van der Waals surface area contributed by atoms with Gasteiger partial charge in [0.15, 0.2) is 0 Å². The van der Waals surface area contributed by atoms with Gasteiger partial charge >= 0.3 is 5.97 Å². The Labute approximate surface area is 166 Å². The minimum atomic E-state index is -0.341. The number of ether oxygens (including phenoxy) is 1. The van der Waals surface area contributed by atoms with Crippen LogP contribution in [-0.4, -0.2) is 26.2 Å². The summed E-state index contributed by atoms with van der Waals surface area (Å²) < 4.78 is 6.97. The Hall–Kier alpha value is -4.31. The fourth-order valence-corrected chi connectivity index (χ4v) is 2.83. The lowest BCUT2D eigenvalue weighted by Crippen LogP contribution is -2.11. The molecule has 0 radical (unpaired) electrons. The minimum absolute atomic E-state index is 0.160. The summed E-state index contributed by atoms with van der Waals surface area (Å²) in [5.41, 5.74) is 4.23. The molecule has 4 aromatic rings. The first-order chi connectivity index (χ1) is 14.2. The van der Waals surface area contributed by atoms with Gasteiger partial charge in [0.1, 0.15) is 12.1 Å². The predicted molar refractivity (Wildman–Crippen MR) is 105 cm³/mol. The van der Waals surface area contributed by atoms with Gasteiger partial charge < -0.3 is 4.74 Å². The molecule has 0 fully saturated rings. The van der Waals surface area contributed by atoms with Crippen molar-refractivity contribution in [2.24, 2.45) is 0 Å². The third-order valence-electron chi connectivity index (χ3n) is 4.33. The maximum atomic E-state index is 12.2. The third kappa shape index (κ3) is 4.34. The van der Waals surface area contributed by atoms with Crippen LogP contribution in [0.4, 0.5) is 0 Å². The Bertz CT molecular complexity index is 1140. The highest BCUT2D eigenvalue weighted by Crippen LogP contribution is 2.23. The zero-order chi connectivity index (χ0) is 20.1. The van der Waals surface area contributed by atoms with Crippen molar-refractivity contribution in [3.63, 3.8) is 0 Å². The highest BCUT2D eigenvalue weighted by atomic mass is 16.5. The summed E-state index contributed by atoms with van der Waals surface area (Å²) in [4.78, 5) is 12.2. The number of rotatable bonds is 5. The van der Waals surface area contributed by atoms with Gasteiger partial charge in [0.25, 0.3) is 0 Å². The van der Waals surface area contributed by atoms with Crippen LogP contribution in [0.1, 0.15) is 11.1 Å². The number of benzene rings is 3. The summed E-state index contributed by atoms with van der Waals surface area (Å²) >= 11 is 0. The van der Waals surface area contributed by atoms with Crippen LogP contribution in [0.15, 0.2) is 79.1 Å². The van der Waals surface area contributed by atoms with E-state index < -0.39 is 0 Å². The predicted octanol–water partition coefficient (Wildman–Crippen LogP) is 3.35. The molecule has 0 spiro atoms. The molecular formula is C22H15N5O2. The van der Waals surface area contributed by atoms with E-state index in [4.69, 9.17) is 10.00 Å². The molecule has 0 amide bonds. The molecule has 1 aromatic heterocycles. The van der Waals surface area contributed by atoms with Crippen LogP contribution < -0.4 is 4.74 Å². The molecule has 140 valence electrons. The summed E-state index contributed by atoms with van der Waals surface area (Å²) in [6.07, 6.45) is 1.66. The van der Waals surface area contributed by atoms with E-state index in [1.54, 1.807) is 24.3 Å². The van der Waals surface area contributed by atoms with Crippen molar-refractivity contribution < 1.29 is 9.53 Å². The average molecular weight is 381 g/mol. The number of tetrazole rings is 1. The maximum absolute atomic E-state index is 12.2. The second kappa shape index (κ2) is 8.15. The molecule has 3 aromatic carbocycles. The van der Waals surface area contributed by atoms with Crippen LogP contribution in [0, 0.1) is 11.3 Å². The number of hydrogen-bond donors (Lipinski definition) is 0. The second-order valence-corrected chi connectivity index (χ2v) is 6.29. The van der Waals surface area contributed by atoms with Gasteiger partial charge in [-0.2, -0.15) is 5.26 Å². The molecule has 0 aliphatic heterocycles. The Kier molecular flexibility index (Phi) is 5.08. The van der Waals surface area contributed by atoms with Crippen LogP contribution in [-0.2, 0) is 11.2 Å². The fraction of sp³-hybridized carbons (Fsp3) is 0.0455. The molecule has 0 bridgehead atoms. The first-order valence-corrected chi connectivity index (χ1v) is 8.85. The van der Waals surface area contributed by atoms with E-state index in [1.807, 2.05) is 48.5 Å². The zero-order valence-electron chi connectivity index (χ0n) is 15.3. The fourth-order valence-electron chi connectivity index (χ4n) is 2.83. The largest absolute Gasteiger partial charge is 0.426 e. The Balaban J connectivity index is 1.37. The SMILES string of the molecule is N#Cc1ccc(-c2ccc(OC(=O)Cc3ccc(-n4cnnn4)cc3)cc2)cc1. The average Bonchev–Trinajstić information content (AvgIpc) is 3.30. The number of hydrogen-bond acceptors (Lipinski definition) is 6. The number of esters is 1. The molecule has 0 saturated carbocycles. The van der Waals surface area contributed by atoms with E-state index >= 15 is 0 Å². The van der Waals surface area contributed by atoms with E-state index in [2.05, 4.69) is 21.6 Å². The zero-order valence-corrected chi connectivity index (χ0v) is 15.3. The molecule has 0 aliphatic rings. The van der Waals surface area contributed by atoms with Crippen molar-refractivity contribution >= 4 is 5.97 Å². The van der Waals surface area contributed by atoms with Gasteiger partial charge in [0, 0.05) is 0 Å². The van der Waals surface area contributed by atoms with Crippen LogP contribution >= 0.6 is 0 Å². The van der Waals surface area contributed by atoms with Gasteiger partial charge in [-0.25, -0.2) is 4.68 Å². The van der Waals surface area contributed by atoms with Crippen molar-refractivity contribution in [3.05, 3.63) is 90.3 Å². The van der Waals surface area contributed by atoms with Crippen molar-refractivity contribution in [1.29, 1.82) is 5.26 Å². The monoisotopic (exact) mass is 381 g/mol. The van der Waals surface area contributed by atoms with Gasteiger partial charge in [-0.3, -0.25) is 4.79 Å². The van der Waals surface area contributed by atoms with Crippen molar-refractivity contribution in [2.75, 3.05) is 0 Å². The van der Waals surface area contributed by atoms with E-state index in [0.717, 1.165) is 22.4 Å². The lowest BCUT2D eigenvalue weighted by molar-refractivity contribution is -0.133. The summed E-state index contributed by atoms with van der Waals surface area (Å²) in [5.74, 6) is 0.143. The lowest BCUT2D eigenvalue weighted by atomic mass is 10.0. The number of carbonyl (C=O) groups excluding carboxylic acids is 1. The number of nitriles is 1. The summed E-state index contributed by atoms with van der Waals surface area (Å²) in [6.45, 7) is 0. The first-order valence-electron chi connectivity index (χ1n) is 8.85. The Morgan fingerprint density at radius 1 is 0.931 bits per heavy atom. The van der Waals surface area contributed by atoms with Crippen molar-refractivity contribution in [1.82, 2.24) is 20.2 Å². The van der Waals surface area contributed by atoms with Gasteiger partial charge in [0.2, 0.25) is 0 Å². The molecule has 0 saturated heterocycles. The van der Waals surface area contributed by atoms with E-state index in [9.17, 15) is 4.79 Å². The summed E-state index contributed by atoms with van der Waals surface area (Å²) in [6, 6.07) is 24.0. The van der Waals surface area contributed by atoms with Crippen LogP contribution in [0.2, 0.25) is 0 Å². The molecule has 4 rings (SSSR count). The molecule has 0 unspecified atom stereocenters. The van der Waals surface area contributed by atoms with Crippen molar-refractivity contribution in [3.8, 4) is 28.6 Å². The van der Waals surface area contributed by atoms with Crippen LogP contribution in [0.3, 0.4) is 0 Å². The highest BCUT2D eigenvalue weighted by Gasteiger charge is 2.08. The van der Waals surface area contributed by atoms with Gasteiger partial charge in [-0.15, -0.1) is 5.10 Å². The van der Waals surface area contributed by atoms with E-state index in [-0.39, 0.29) is 12.4 Å². The minimum Gasteiger partial charge on any atom is -0.426 e. The molecular weight excluding hydrogens is 366 g/mol. The van der Waals surface area contributed by atoms with Crippen LogP contribution in [0.25, 0.3) is 16.8 Å². The molecule has 1 heterocycles. The van der Waals surface area contributed by atoms with Crippen molar-refractivity contribution in [2.45, 2.75) is 6.42 Å². The Morgan fingerprint density at radius 2 is 1.59 bits per heavy atom. The maximum Gasteiger partial charge on any atom is 0.315 e. The van der Waals surface area contributed by atoms with Gasteiger partial charge in [-0.05, 0) is 63.5 Å². The molecule has 7 nitrogen and oxygen atoms in total. The molecule has 0 N–H and O–H groups in total. The molecule has 7 heteroatoms. The number of carbonyl (C=O) groups is 1. The number of aromatic nitrogens is 4. The van der Waals surface area contributed by atoms with Crippen LogP contribution in [0.5, 0.6) is 5.75 Å². The summed E-state index contributed by atoms with van der Waals surface area (Å²) in [7, 11) is 0. The summed E-state index contributed by atoms with van der Waals surface area (Å²) in [5, 5.41) is 19.9. The third-order valence-corrected chi connectivity index (χ3v) is 4.33.